The Morgan fingerprint density at radius 1 is 0.474 bits per heavy atom. The highest BCUT2D eigenvalue weighted by Gasteiger charge is 2.38. The second-order valence-electron chi connectivity index (χ2n) is 7.85. The van der Waals surface area contributed by atoms with Crippen LogP contribution in [-0.4, -0.2) is 0 Å². The molecular weight excluding hydrogens is 550 g/mol. The molecule has 14 heteroatoms. The molecule has 38 heavy (non-hydrogen) atoms. The van der Waals surface area contributed by atoms with Crippen molar-refractivity contribution in [1.82, 2.24) is 0 Å². The van der Waals surface area contributed by atoms with Gasteiger partial charge in [0.15, 0.2) is 46.0 Å². The molecule has 6 nitrogen and oxygen atoms in total. The lowest BCUT2D eigenvalue weighted by Crippen LogP contribution is -2.05. The van der Waals surface area contributed by atoms with Gasteiger partial charge in [-0.2, -0.15) is 21.0 Å². The zero-order chi connectivity index (χ0) is 27.2. The first-order valence-corrected chi connectivity index (χ1v) is 11.7. The first kappa shape index (κ1) is 23.6. The topological polar surface area (TPSA) is 119 Å². The lowest BCUT2D eigenvalue weighted by Gasteiger charge is -2.19. The van der Waals surface area contributed by atoms with Gasteiger partial charge >= 0.3 is 0 Å². The summed E-state index contributed by atoms with van der Waals surface area (Å²) in [5.41, 5.74) is -2.29. The van der Waals surface area contributed by atoms with Crippen LogP contribution in [-0.2, 0) is 0 Å². The van der Waals surface area contributed by atoms with E-state index in [0.29, 0.717) is 23.5 Å². The molecule has 0 spiro atoms. The fraction of sp³-hybridized carbons (Fsp3) is 0. The zero-order valence-electron chi connectivity index (χ0n) is 17.9. The Morgan fingerprint density at radius 3 is 1.11 bits per heavy atom. The second kappa shape index (κ2) is 7.87. The summed E-state index contributed by atoms with van der Waals surface area (Å²) in [5.74, 6) is -9.83. The van der Waals surface area contributed by atoms with E-state index in [1.807, 2.05) is 0 Å². The molecule has 0 bridgehead atoms. The largest absolute Gasteiger partial charge is 0.345 e. The number of thioether (sulfide) groups is 2. The van der Waals surface area contributed by atoms with Crippen LogP contribution in [0.25, 0.3) is 32.3 Å². The second-order valence-corrected chi connectivity index (χ2v) is 9.89. The van der Waals surface area contributed by atoms with Gasteiger partial charge in [-0.3, -0.25) is 0 Å². The van der Waals surface area contributed by atoms with E-state index in [4.69, 9.17) is 21.0 Å². The highest BCUT2D eigenvalue weighted by Crippen LogP contribution is 2.57. The fourth-order valence-electron chi connectivity index (χ4n) is 4.56. The normalized spacial score (nSPS) is 13.5. The predicted molar refractivity (Wildman–Crippen MR) is 125 cm³/mol. The molecular formula is C24H2F6N6S2. The van der Waals surface area contributed by atoms with Gasteiger partial charge in [-0.1, -0.05) is 23.5 Å². The number of nitriles is 4. The Labute approximate surface area is 215 Å². The fourth-order valence-corrected chi connectivity index (χ4v) is 6.73. The quantitative estimate of drug-likeness (QED) is 0.136. The molecule has 182 valence electrons. The predicted octanol–water partition coefficient (Wildman–Crippen LogP) is 6.97. The molecule has 4 aromatic carbocycles. The monoisotopic (exact) mass is 552 g/mol. The molecule has 2 N–H and O–H groups in total. The van der Waals surface area contributed by atoms with Gasteiger partial charge in [-0.15, -0.1) is 0 Å². The van der Waals surface area contributed by atoms with Gasteiger partial charge in [0.1, 0.15) is 34.3 Å². The Balaban J connectivity index is 1.87. The minimum absolute atomic E-state index is 0.248. The van der Waals surface area contributed by atoms with Crippen molar-refractivity contribution in [3.8, 4) is 24.3 Å². The van der Waals surface area contributed by atoms with E-state index in [1.54, 1.807) is 24.3 Å². The summed E-state index contributed by atoms with van der Waals surface area (Å²) in [4.78, 5) is -0.718. The van der Waals surface area contributed by atoms with Crippen LogP contribution >= 0.6 is 23.5 Å². The van der Waals surface area contributed by atoms with E-state index in [9.17, 15) is 0 Å². The molecule has 0 fully saturated rings. The summed E-state index contributed by atoms with van der Waals surface area (Å²) in [6.45, 7) is 0. The van der Waals surface area contributed by atoms with E-state index in [2.05, 4.69) is 10.6 Å². The molecule has 2 heterocycles. The highest BCUT2D eigenvalue weighted by atomic mass is 32.2. The summed E-state index contributed by atoms with van der Waals surface area (Å²) in [6, 6.07) is 6.23. The minimum atomic E-state index is -1.78. The van der Waals surface area contributed by atoms with Crippen molar-refractivity contribution in [3.63, 3.8) is 0 Å². The maximum atomic E-state index is 15.7. The van der Waals surface area contributed by atoms with Crippen LogP contribution in [0.1, 0.15) is 0 Å². The van der Waals surface area contributed by atoms with E-state index >= 15 is 26.3 Å². The molecule has 0 radical (unpaired) electrons. The molecule has 0 unspecified atom stereocenters. The van der Waals surface area contributed by atoms with Gasteiger partial charge in [0.2, 0.25) is 0 Å². The van der Waals surface area contributed by atoms with Crippen molar-refractivity contribution in [2.24, 2.45) is 0 Å². The third-order valence-corrected chi connectivity index (χ3v) is 8.33. The average Bonchev–Trinajstić information content (AvgIpc) is 3.53. The van der Waals surface area contributed by atoms with Gasteiger partial charge in [0, 0.05) is 21.5 Å². The minimum Gasteiger partial charge on any atom is -0.345 e. The molecule has 2 aliphatic rings. The van der Waals surface area contributed by atoms with Crippen molar-refractivity contribution in [3.05, 3.63) is 56.1 Å². The van der Waals surface area contributed by atoms with Crippen LogP contribution in [0.4, 0.5) is 37.7 Å². The van der Waals surface area contributed by atoms with Crippen LogP contribution < -0.4 is 10.6 Å². The Kier molecular flexibility index (Phi) is 4.89. The van der Waals surface area contributed by atoms with Crippen molar-refractivity contribution in [2.75, 3.05) is 10.6 Å². The van der Waals surface area contributed by atoms with E-state index in [-0.39, 0.29) is 19.8 Å². The SMILES string of the molecule is N#CC(C#N)=C1Nc2c(F)c3c(F)c(F)c4c5c(c(F)c6c(F)c(F)c(c2S1)c3c64)NC(=C(C#N)C#N)S5. The third-order valence-electron chi connectivity index (χ3n) is 6.09. The molecule has 2 aliphatic heterocycles. The van der Waals surface area contributed by atoms with Gasteiger partial charge in [-0.05, 0) is 0 Å². The summed E-state index contributed by atoms with van der Waals surface area (Å²) < 4.78 is 93.6. The van der Waals surface area contributed by atoms with Gasteiger partial charge < -0.3 is 10.6 Å². The highest BCUT2D eigenvalue weighted by molar-refractivity contribution is 8.04. The molecule has 0 aliphatic carbocycles. The summed E-state index contributed by atoms with van der Waals surface area (Å²) in [6.07, 6.45) is 0. The average molecular weight is 552 g/mol. The molecule has 0 saturated heterocycles. The molecule has 4 aromatic rings. The van der Waals surface area contributed by atoms with Gasteiger partial charge in [0.25, 0.3) is 0 Å². The molecule has 0 atom stereocenters. The van der Waals surface area contributed by atoms with Crippen LogP contribution in [0.5, 0.6) is 0 Å². The third kappa shape index (κ3) is 2.68. The van der Waals surface area contributed by atoms with Gasteiger partial charge in [0.05, 0.1) is 31.9 Å². The maximum absolute atomic E-state index is 15.7. The van der Waals surface area contributed by atoms with Crippen molar-refractivity contribution >= 4 is 67.2 Å². The van der Waals surface area contributed by atoms with Crippen LogP contribution in [0.2, 0.25) is 0 Å². The summed E-state index contributed by atoms with van der Waals surface area (Å²) in [7, 11) is 0. The molecule has 0 aromatic heterocycles. The number of halogens is 6. The van der Waals surface area contributed by atoms with Crippen LogP contribution in [0.3, 0.4) is 0 Å². The van der Waals surface area contributed by atoms with Crippen molar-refractivity contribution in [1.29, 1.82) is 21.0 Å². The van der Waals surface area contributed by atoms with Crippen LogP contribution in [0.15, 0.2) is 31.0 Å². The standard InChI is InChI=1S/C24H2F6N6S2/c25-13-9-7-8-10(18(30)20-22(12(8)16(13)28)38-24(36-20)6(3-33)4-34)14(26)15(27)11(7)21-19(17(9)29)35-23(37-21)5(1-31)2-32/h35-36H. The number of allylic oxidation sites excluding steroid dienone is 2. The van der Waals surface area contributed by atoms with E-state index in [1.165, 1.54) is 0 Å². The number of benzene rings is 4. The number of anilines is 2. The lowest BCUT2D eigenvalue weighted by atomic mass is 9.90. The number of rotatable bonds is 0. The lowest BCUT2D eigenvalue weighted by molar-refractivity contribution is 0.513. The Bertz CT molecular complexity index is 1910. The number of fused-ring (bicyclic) bond motifs is 4. The summed E-state index contributed by atoms with van der Waals surface area (Å²) in [5, 5.41) is 36.0. The first-order chi connectivity index (χ1) is 18.2. The number of nitrogens with one attached hydrogen (secondary N) is 2. The summed E-state index contributed by atoms with van der Waals surface area (Å²) >= 11 is 1.01. The maximum Gasteiger partial charge on any atom is 0.170 e. The molecule has 6 rings (SSSR count). The van der Waals surface area contributed by atoms with E-state index < -0.39 is 89.7 Å². The van der Waals surface area contributed by atoms with Gasteiger partial charge in [-0.25, -0.2) is 26.3 Å². The zero-order valence-corrected chi connectivity index (χ0v) is 19.5. The number of hydrogen-bond donors (Lipinski definition) is 2. The van der Waals surface area contributed by atoms with Crippen LogP contribution in [0, 0.1) is 80.2 Å². The first-order valence-electron chi connectivity index (χ1n) is 10.1. The Hall–Kier alpha value is -4.76. The Morgan fingerprint density at radius 2 is 0.789 bits per heavy atom. The molecule has 0 amide bonds. The number of nitrogens with zero attached hydrogens (tertiary/aromatic N) is 4. The smallest absolute Gasteiger partial charge is 0.170 e. The van der Waals surface area contributed by atoms with Crippen molar-refractivity contribution < 1.29 is 26.3 Å². The van der Waals surface area contributed by atoms with Crippen molar-refractivity contribution in [2.45, 2.75) is 9.79 Å². The molecule has 0 saturated carbocycles. The number of hydrogen-bond acceptors (Lipinski definition) is 8. The van der Waals surface area contributed by atoms with E-state index in [0.717, 1.165) is 0 Å².